The summed E-state index contributed by atoms with van der Waals surface area (Å²) in [5.41, 5.74) is 1.93. The van der Waals surface area contributed by atoms with Crippen molar-refractivity contribution in [1.29, 1.82) is 0 Å². The maximum atomic E-state index is 14.4. The summed E-state index contributed by atoms with van der Waals surface area (Å²) in [5.74, 6) is -0.346. The van der Waals surface area contributed by atoms with Gasteiger partial charge in [-0.3, -0.25) is 9.89 Å². The van der Waals surface area contributed by atoms with E-state index in [0.29, 0.717) is 41.2 Å². The number of fused-ring (bicyclic) bond motifs is 1. The van der Waals surface area contributed by atoms with Gasteiger partial charge in [-0.2, -0.15) is 22.7 Å². The Labute approximate surface area is 248 Å². The first kappa shape index (κ1) is 31.5. The van der Waals surface area contributed by atoms with E-state index in [1.165, 1.54) is 12.3 Å². The van der Waals surface area contributed by atoms with Crippen molar-refractivity contribution in [1.82, 2.24) is 20.1 Å². The molecule has 0 aliphatic carbocycles. The minimum Gasteiger partial charge on any atom is -0.478 e. The number of nitrogens with one attached hydrogen (secondary N) is 1. The highest BCUT2D eigenvalue weighted by Crippen LogP contribution is 2.40. The van der Waals surface area contributed by atoms with Crippen molar-refractivity contribution in [2.45, 2.75) is 45.2 Å². The largest absolute Gasteiger partial charge is 0.478 e. The number of rotatable bonds is 13. The SMILES string of the molecule is CCCN(C)C(=O)/C=C/CCCCOc1ccc(/C(=C(/CC(F)(F)F)c2ccccc2)c2ccc3n[nH]c(F)c3c2)cn1. The number of benzene rings is 2. The van der Waals surface area contributed by atoms with E-state index in [4.69, 9.17) is 4.74 Å². The second kappa shape index (κ2) is 14.6. The molecule has 6 nitrogen and oxygen atoms in total. The monoisotopic (exact) mass is 594 g/mol. The minimum absolute atomic E-state index is 0.0173. The van der Waals surface area contributed by atoms with Crippen LogP contribution in [0.2, 0.25) is 0 Å². The Kier molecular flexibility index (Phi) is 10.7. The lowest BCUT2D eigenvalue weighted by Gasteiger charge is -2.19. The molecule has 4 aromatic rings. The van der Waals surface area contributed by atoms with Crippen LogP contribution in [-0.4, -0.2) is 52.4 Å². The molecular weight excluding hydrogens is 560 g/mol. The van der Waals surface area contributed by atoms with E-state index in [1.807, 2.05) is 13.0 Å². The number of hydrogen-bond donors (Lipinski definition) is 1. The lowest BCUT2D eigenvalue weighted by Crippen LogP contribution is -2.25. The number of likely N-dealkylation sites (N-methyl/N-ethyl adjacent to an activating group) is 1. The highest BCUT2D eigenvalue weighted by Gasteiger charge is 2.31. The van der Waals surface area contributed by atoms with Crippen LogP contribution in [0.25, 0.3) is 22.0 Å². The predicted molar refractivity (Wildman–Crippen MR) is 160 cm³/mol. The van der Waals surface area contributed by atoms with E-state index in [9.17, 15) is 22.4 Å². The number of alkyl halides is 3. The lowest BCUT2D eigenvalue weighted by atomic mass is 9.88. The molecule has 0 aliphatic heterocycles. The van der Waals surface area contributed by atoms with Crippen LogP contribution in [0.5, 0.6) is 5.88 Å². The molecule has 43 heavy (non-hydrogen) atoms. The van der Waals surface area contributed by atoms with Crippen molar-refractivity contribution in [3.63, 3.8) is 0 Å². The molecule has 0 saturated carbocycles. The summed E-state index contributed by atoms with van der Waals surface area (Å²) in [4.78, 5) is 18.0. The molecule has 10 heteroatoms. The van der Waals surface area contributed by atoms with E-state index >= 15 is 0 Å². The molecule has 2 aromatic carbocycles. The van der Waals surface area contributed by atoms with Gasteiger partial charge in [-0.25, -0.2) is 4.98 Å². The second-order valence-electron chi connectivity index (χ2n) is 10.2. The van der Waals surface area contributed by atoms with Gasteiger partial charge in [0.1, 0.15) is 0 Å². The van der Waals surface area contributed by atoms with Gasteiger partial charge >= 0.3 is 6.18 Å². The zero-order valence-electron chi connectivity index (χ0n) is 24.1. The number of aromatic amines is 1. The van der Waals surface area contributed by atoms with Crippen molar-refractivity contribution in [2.75, 3.05) is 20.2 Å². The van der Waals surface area contributed by atoms with Gasteiger partial charge in [0.15, 0.2) is 0 Å². The predicted octanol–water partition coefficient (Wildman–Crippen LogP) is 7.98. The summed E-state index contributed by atoms with van der Waals surface area (Å²) in [6.45, 7) is 3.13. The Bertz CT molecular complexity index is 1560. The number of hydrogen-bond acceptors (Lipinski definition) is 4. The Morgan fingerprint density at radius 1 is 1.02 bits per heavy atom. The fourth-order valence-corrected chi connectivity index (χ4v) is 4.74. The molecule has 0 spiro atoms. The van der Waals surface area contributed by atoms with Crippen LogP contribution in [0.4, 0.5) is 17.6 Å². The van der Waals surface area contributed by atoms with Crippen LogP contribution >= 0.6 is 0 Å². The highest BCUT2D eigenvalue weighted by molar-refractivity contribution is 6.00. The molecule has 0 aliphatic rings. The Balaban J connectivity index is 1.54. The third kappa shape index (κ3) is 8.76. The van der Waals surface area contributed by atoms with E-state index in [0.717, 1.165) is 25.7 Å². The average Bonchev–Trinajstić information content (AvgIpc) is 3.36. The molecule has 226 valence electrons. The molecule has 0 radical (unpaired) electrons. The van der Waals surface area contributed by atoms with E-state index in [2.05, 4.69) is 15.2 Å². The topological polar surface area (TPSA) is 71.1 Å². The van der Waals surface area contributed by atoms with E-state index in [-0.39, 0.29) is 22.4 Å². The molecule has 1 N–H and O–H groups in total. The number of pyridine rings is 1. The number of amides is 1. The number of nitrogens with zero attached hydrogens (tertiary/aromatic N) is 3. The van der Waals surface area contributed by atoms with Crippen molar-refractivity contribution in [2.24, 2.45) is 0 Å². The zero-order valence-corrected chi connectivity index (χ0v) is 24.1. The zero-order chi connectivity index (χ0) is 30.8. The van der Waals surface area contributed by atoms with Crippen LogP contribution in [0, 0.1) is 5.95 Å². The van der Waals surface area contributed by atoms with Crippen LogP contribution in [0.1, 0.15) is 55.7 Å². The van der Waals surface area contributed by atoms with Gasteiger partial charge in [0, 0.05) is 31.4 Å². The lowest BCUT2D eigenvalue weighted by molar-refractivity contribution is -0.125. The van der Waals surface area contributed by atoms with Crippen LogP contribution in [0.15, 0.2) is 79.0 Å². The van der Waals surface area contributed by atoms with Gasteiger partial charge < -0.3 is 9.64 Å². The van der Waals surface area contributed by atoms with Crippen molar-refractivity contribution < 1.29 is 27.1 Å². The third-order valence-electron chi connectivity index (χ3n) is 6.83. The molecule has 0 unspecified atom stereocenters. The number of allylic oxidation sites excluding steroid dienone is 2. The third-order valence-corrected chi connectivity index (χ3v) is 6.83. The molecule has 0 fully saturated rings. The van der Waals surface area contributed by atoms with Gasteiger partial charge in [-0.05, 0) is 72.2 Å². The van der Waals surface area contributed by atoms with Crippen molar-refractivity contribution in [3.8, 4) is 5.88 Å². The maximum Gasteiger partial charge on any atom is 0.393 e. The Morgan fingerprint density at radius 2 is 1.79 bits per heavy atom. The smallest absolute Gasteiger partial charge is 0.393 e. The number of halogens is 4. The average molecular weight is 595 g/mol. The van der Waals surface area contributed by atoms with E-state index in [1.54, 1.807) is 72.6 Å². The van der Waals surface area contributed by atoms with Crippen LogP contribution < -0.4 is 4.74 Å². The first-order valence-electron chi connectivity index (χ1n) is 14.2. The fourth-order valence-electron chi connectivity index (χ4n) is 4.74. The number of aromatic nitrogens is 3. The first-order chi connectivity index (χ1) is 20.7. The number of ether oxygens (including phenoxy) is 1. The summed E-state index contributed by atoms with van der Waals surface area (Å²) >= 11 is 0. The molecule has 0 saturated heterocycles. The van der Waals surface area contributed by atoms with Crippen LogP contribution in [0.3, 0.4) is 0 Å². The number of carbonyl (C=O) groups is 1. The van der Waals surface area contributed by atoms with Gasteiger partial charge in [-0.15, -0.1) is 0 Å². The van der Waals surface area contributed by atoms with Crippen molar-refractivity contribution in [3.05, 3.63) is 102 Å². The summed E-state index contributed by atoms with van der Waals surface area (Å²) < 4.78 is 61.9. The molecule has 4 rings (SSSR count). The Morgan fingerprint density at radius 3 is 2.49 bits per heavy atom. The quantitative estimate of drug-likeness (QED) is 0.0738. The second-order valence-corrected chi connectivity index (χ2v) is 10.2. The summed E-state index contributed by atoms with van der Waals surface area (Å²) in [6, 6.07) is 16.3. The molecule has 1 amide bonds. The number of carbonyl (C=O) groups excluding carboxylic acids is 1. The van der Waals surface area contributed by atoms with Gasteiger partial charge in [0.05, 0.1) is 23.9 Å². The van der Waals surface area contributed by atoms with Crippen molar-refractivity contribution >= 4 is 28.0 Å². The minimum atomic E-state index is -4.49. The summed E-state index contributed by atoms with van der Waals surface area (Å²) in [5, 5.41) is 6.34. The molecule has 0 bridgehead atoms. The van der Waals surface area contributed by atoms with Gasteiger partial charge in [-0.1, -0.05) is 49.4 Å². The Hall–Kier alpha value is -4.47. The number of unbranched alkanes of at least 4 members (excludes halogenated alkanes) is 2. The first-order valence-corrected chi connectivity index (χ1v) is 14.2. The summed E-state index contributed by atoms with van der Waals surface area (Å²) in [6.07, 6.45) is 2.42. The fraction of sp³-hybridized carbons (Fsp3) is 0.303. The van der Waals surface area contributed by atoms with Gasteiger partial charge in [0.25, 0.3) is 0 Å². The molecule has 2 heterocycles. The summed E-state index contributed by atoms with van der Waals surface area (Å²) in [7, 11) is 1.78. The van der Waals surface area contributed by atoms with Gasteiger partial charge in [0.2, 0.25) is 17.7 Å². The highest BCUT2D eigenvalue weighted by atomic mass is 19.4. The normalized spacial score (nSPS) is 12.5. The standard InChI is InChI=1S/C33H34F4N4O2/c1-3-18-41(2)30(42)13-9-4-5-10-19-43-29-17-15-25(22-38-29)31(24-14-16-28-26(20-24)32(34)40-39-28)27(21-33(35,36)37)23-11-7-6-8-12-23/h6-9,11-17,20,22H,3-5,10,18-19,21H2,1-2H3,(H,39,40)/b13-9+,31-27-. The maximum absolute atomic E-state index is 14.4. The number of H-pyrrole nitrogens is 1. The van der Waals surface area contributed by atoms with Crippen LogP contribution in [-0.2, 0) is 4.79 Å². The van der Waals surface area contributed by atoms with E-state index < -0.39 is 18.5 Å². The molecule has 0 atom stereocenters. The molecular formula is C33H34F4N4O2. The molecule has 2 aromatic heterocycles.